The molecule has 2 aromatic rings. The van der Waals surface area contributed by atoms with Crippen LogP contribution in [-0.2, 0) is 14.3 Å². The zero-order valence-electron chi connectivity index (χ0n) is 18.8. The number of benzene rings is 2. The number of carbonyl (C=O) groups is 3. The molecule has 2 saturated carbocycles. The number of fused-ring (bicyclic) bond motifs is 3. The molecule has 0 aliphatic heterocycles. The summed E-state index contributed by atoms with van der Waals surface area (Å²) in [5, 5.41) is 23.6. The van der Waals surface area contributed by atoms with Gasteiger partial charge in [-0.15, -0.1) is 0 Å². The van der Waals surface area contributed by atoms with Crippen LogP contribution in [0.2, 0.25) is 0 Å². The second kappa shape index (κ2) is 8.43. The van der Waals surface area contributed by atoms with E-state index in [9.17, 15) is 24.6 Å². The van der Waals surface area contributed by atoms with Gasteiger partial charge in [-0.05, 0) is 53.4 Å². The maximum absolute atomic E-state index is 13.0. The fourth-order valence-electron chi connectivity index (χ4n) is 5.88. The van der Waals surface area contributed by atoms with Crippen molar-refractivity contribution in [2.24, 2.45) is 5.41 Å². The van der Waals surface area contributed by atoms with Crippen molar-refractivity contribution in [1.82, 2.24) is 10.6 Å². The maximum Gasteiger partial charge on any atom is 0.408 e. The molecular weight excluding hydrogens is 436 g/mol. The molecule has 1 spiro atoms. The van der Waals surface area contributed by atoms with Crippen LogP contribution in [0, 0.1) is 5.41 Å². The van der Waals surface area contributed by atoms with E-state index in [1.807, 2.05) is 36.4 Å². The number of hydrogen-bond donors (Lipinski definition) is 4. The van der Waals surface area contributed by atoms with Crippen LogP contribution in [0.1, 0.15) is 49.1 Å². The molecule has 178 valence electrons. The lowest BCUT2D eigenvalue weighted by Crippen LogP contribution is -2.71. The van der Waals surface area contributed by atoms with Gasteiger partial charge in [0.05, 0.1) is 6.61 Å². The van der Waals surface area contributed by atoms with Crippen molar-refractivity contribution in [3.05, 3.63) is 59.7 Å². The lowest BCUT2D eigenvalue weighted by Gasteiger charge is -2.59. The molecule has 0 radical (unpaired) electrons. The van der Waals surface area contributed by atoms with E-state index >= 15 is 0 Å². The van der Waals surface area contributed by atoms with E-state index in [4.69, 9.17) is 4.74 Å². The van der Waals surface area contributed by atoms with Crippen molar-refractivity contribution >= 4 is 18.0 Å². The summed E-state index contributed by atoms with van der Waals surface area (Å²) in [5.41, 5.74) is 3.22. The number of carboxylic acids is 1. The van der Waals surface area contributed by atoms with Crippen LogP contribution >= 0.6 is 0 Å². The van der Waals surface area contributed by atoms with Crippen LogP contribution in [0.4, 0.5) is 4.79 Å². The van der Waals surface area contributed by atoms with Crippen LogP contribution in [0.15, 0.2) is 48.5 Å². The Kier molecular flexibility index (Phi) is 5.56. The smallest absolute Gasteiger partial charge is 0.408 e. The highest BCUT2D eigenvalue weighted by Gasteiger charge is 2.62. The van der Waals surface area contributed by atoms with Crippen molar-refractivity contribution in [3.63, 3.8) is 0 Å². The zero-order valence-corrected chi connectivity index (χ0v) is 18.8. The summed E-state index contributed by atoms with van der Waals surface area (Å²) in [4.78, 5) is 37.2. The molecule has 0 aromatic heterocycles. The molecule has 3 aliphatic carbocycles. The average molecular weight is 465 g/mol. The molecule has 0 heterocycles. The predicted molar refractivity (Wildman–Crippen MR) is 123 cm³/mol. The van der Waals surface area contributed by atoms with Gasteiger partial charge in [-0.25, -0.2) is 9.59 Å². The third-order valence-corrected chi connectivity index (χ3v) is 7.67. The SMILES string of the molecule is O=C(NC1(C(=O)N[C@H](CO)C(=O)O)CC2(CCC2)C1)OCC1c2ccccc2-c2ccccc21. The molecule has 2 fully saturated rings. The number of carbonyl (C=O) groups excluding carboxylic acids is 2. The molecule has 0 saturated heterocycles. The van der Waals surface area contributed by atoms with Crippen LogP contribution in [0.5, 0.6) is 0 Å². The molecular formula is C26H28N2O6. The molecule has 1 atom stereocenters. The predicted octanol–water partition coefficient (Wildman–Crippen LogP) is 2.79. The number of amides is 2. The normalized spacial score (nSPS) is 19.7. The van der Waals surface area contributed by atoms with E-state index in [0.717, 1.165) is 41.5 Å². The monoisotopic (exact) mass is 464 g/mol. The minimum absolute atomic E-state index is 0.0197. The molecule has 8 heteroatoms. The second-order valence-electron chi connectivity index (χ2n) is 9.79. The number of alkyl carbamates (subject to hydrolysis) is 1. The van der Waals surface area contributed by atoms with Crippen LogP contribution in [0.25, 0.3) is 11.1 Å². The minimum atomic E-state index is -1.42. The third-order valence-electron chi connectivity index (χ3n) is 7.67. The van der Waals surface area contributed by atoms with Gasteiger partial charge in [-0.3, -0.25) is 4.79 Å². The standard InChI is InChI=1S/C26H28N2O6/c29-12-21(22(30)31)27-23(32)26(14-25(15-26)10-5-11-25)28-24(33)34-13-20-18-8-3-1-6-16(18)17-7-2-4-9-19(17)20/h1-4,6-9,20-21,29H,5,10-15H2,(H,27,32)(H,28,33)(H,30,31)/t21-/m1/s1. The number of rotatable bonds is 7. The van der Waals surface area contributed by atoms with Gasteiger partial charge >= 0.3 is 12.1 Å². The first-order chi connectivity index (χ1) is 16.4. The maximum atomic E-state index is 13.0. The van der Waals surface area contributed by atoms with Gasteiger partial charge in [0.15, 0.2) is 0 Å². The van der Waals surface area contributed by atoms with Gasteiger partial charge in [-0.2, -0.15) is 0 Å². The lowest BCUT2D eigenvalue weighted by molar-refractivity contribution is -0.150. The van der Waals surface area contributed by atoms with Gasteiger partial charge in [0, 0.05) is 5.92 Å². The van der Waals surface area contributed by atoms with Crippen molar-refractivity contribution < 1.29 is 29.3 Å². The first-order valence-electron chi connectivity index (χ1n) is 11.6. The van der Waals surface area contributed by atoms with Crippen LogP contribution < -0.4 is 10.6 Å². The zero-order chi connectivity index (χ0) is 23.9. The highest BCUT2D eigenvalue weighted by atomic mass is 16.5. The van der Waals surface area contributed by atoms with Crippen molar-refractivity contribution in [3.8, 4) is 11.1 Å². The Morgan fingerprint density at radius 3 is 2.09 bits per heavy atom. The van der Waals surface area contributed by atoms with E-state index in [-0.39, 0.29) is 17.9 Å². The Morgan fingerprint density at radius 1 is 1.00 bits per heavy atom. The Hall–Kier alpha value is -3.39. The summed E-state index contributed by atoms with van der Waals surface area (Å²) < 4.78 is 5.62. The van der Waals surface area contributed by atoms with Crippen LogP contribution in [-0.4, -0.2) is 53.0 Å². The quantitative estimate of drug-likeness (QED) is 0.499. The van der Waals surface area contributed by atoms with E-state index in [1.54, 1.807) is 0 Å². The number of aliphatic carboxylic acids is 1. The van der Waals surface area contributed by atoms with Gasteiger partial charge in [-0.1, -0.05) is 55.0 Å². The molecule has 0 bridgehead atoms. The van der Waals surface area contributed by atoms with Gasteiger partial charge in [0.25, 0.3) is 0 Å². The largest absolute Gasteiger partial charge is 0.480 e. The molecule has 2 amide bonds. The molecule has 2 aromatic carbocycles. The lowest BCUT2D eigenvalue weighted by atomic mass is 9.48. The van der Waals surface area contributed by atoms with E-state index in [2.05, 4.69) is 22.8 Å². The number of carboxylic acid groups (broad SMARTS) is 1. The van der Waals surface area contributed by atoms with Gasteiger partial charge in [0.1, 0.15) is 18.2 Å². The molecule has 5 rings (SSSR count). The summed E-state index contributed by atoms with van der Waals surface area (Å²) >= 11 is 0. The summed E-state index contributed by atoms with van der Waals surface area (Å²) in [6.07, 6.45) is 3.22. The number of ether oxygens (including phenoxy) is 1. The molecule has 8 nitrogen and oxygen atoms in total. The van der Waals surface area contributed by atoms with Crippen molar-refractivity contribution in [1.29, 1.82) is 0 Å². The summed E-state index contributed by atoms with van der Waals surface area (Å²) in [5.74, 6) is -2.03. The number of aliphatic hydroxyl groups is 1. The first kappa shape index (κ1) is 22.4. The molecule has 3 aliphatic rings. The van der Waals surface area contributed by atoms with Crippen molar-refractivity contribution in [2.45, 2.75) is 49.6 Å². The fourth-order valence-corrected chi connectivity index (χ4v) is 5.88. The Bertz CT molecular complexity index is 1090. The van der Waals surface area contributed by atoms with Crippen LogP contribution in [0.3, 0.4) is 0 Å². The fraction of sp³-hybridized carbons (Fsp3) is 0.423. The first-order valence-corrected chi connectivity index (χ1v) is 11.6. The molecule has 4 N–H and O–H groups in total. The Labute approximate surface area is 197 Å². The summed E-state index contributed by atoms with van der Waals surface area (Å²) in [6.45, 7) is -0.607. The number of aliphatic hydroxyl groups excluding tert-OH is 1. The average Bonchev–Trinajstić information content (AvgIpc) is 3.10. The third kappa shape index (κ3) is 3.72. The number of nitrogens with one attached hydrogen (secondary N) is 2. The Morgan fingerprint density at radius 2 is 1.59 bits per heavy atom. The minimum Gasteiger partial charge on any atom is -0.480 e. The number of hydrogen-bond acceptors (Lipinski definition) is 5. The highest BCUT2D eigenvalue weighted by Crippen LogP contribution is 2.60. The van der Waals surface area contributed by atoms with E-state index in [1.165, 1.54) is 0 Å². The molecule has 34 heavy (non-hydrogen) atoms. The Balaban J connectivity index is 1.28. The summed E-state index contributed by atoms with van der Waals surface area (Å²) in [7, 11) is 0. The highest BCUT2D eigenvalue weighted by molar-refractivity contribution is 5.94. The van der Waals surface area contributed by atoms with E-state index < -0.39 is 36.2 Å². The van der Waals surface area contributed by atoms with Gasteiger partial charge in [0.2, 0.25) is 5.91 Å². The summed E-state index contributed by atoms with van der Waals surface area (Å²) in [6, 6.07) is 14.6. The second-order valence-corrected chi connectivity index (χ2v) is 9.79. The van der Waals surface area contributed by atoms with Gasteiger partial charge < -0.3 is 25.6 Å². The van der Waals surface area contributed by atoms with Crippen molar-refractivity contribution in [2.75, 3.05) is 13.2 Å². The van der Waals surface area contributed by atoms with E-state index in [0.29, 0.717) is 12.8 Å². The topological polar surface area (TPSA) is 125 Å². The molecule has 0 unspecified atom stereocenters.